The number of pyridine rings is 1. The van der Waals surface area contributed by atoms with E-state index in [1.54, 1.807) is 6.20 Å². The summed E-state index contributed by atoms with van der Waals surface area (Å²) in [6.07, 6.45) is 2.06. The molecule has 0 unspecified atom stereocenters. The molecule has 0 aliphatic rings. The van der Waals surface area contributed by atoms with Gasteiger partial charge in [0.15, 0.2) is 0 Å². The van der Waals surface area contributed by atoms with Crippen molar-refractivity contribution in [3.8, 4) is 5.75 Å². The second-order valence-corrected chi connectivity index (χ2v) is 4.35. The first-order chi connectivity index (χ1) is 9.28. The Balaban J connectivity index is 1.92. The molecule has 5 heteroatoms. The number of hydrogen-bond acceptors (Lipinski definition) is 4. The lowest BCUT2D eigenvalue weighted by Gasteiger charge is -2.06. The first kappa shape index (κ1) is 13.4. The van der Waals surface area contributed by atoms with E-state index >= 15 is 0 Å². The van der Waals surface area contributed by atoms with E-state index in [0.29, 0.717) is 13.0 Å². The number of ether oxygens (including phenoxy) is 1. The molecule has 0 aliphatic heterocycles. The molecule has 1 N–H and O–H groups in total. The fraction of sp³-hybridized carbons (Fsp3) is 0.143. The normalized spacial score (nSPS) is 11.3. The lowest BCUT2D eigenvalue weighted by atomic mass is 10.2. The zero-order valence-corrected chi connectivity index (χ0v) is 10.9. The number of halogens is 1. The number of aromatic nitrogens is 1. The zero-order valence-electron chi connectivity index (χ0n) is 10.2. The molecule has 1 heterocycles. The molecule has 0 saturated carbocycles. The molecule has 1 aromatic carbocycles. The molecule has 98 valence electrons. The van der Waals surface area contributed by atoms with Crippen LogP contribution in [0, 0.1) is 0 Å². The lowest BCUT2D eigenvalue weighted by molar-refractivity contribution is 0.301. The molecule has 0 bridgehead atoms. The quantitative estimate of drug-likeness (QED) is 0.518. The Morgan fingerprint density at radius 3 is 2.63 bits per heavy atom. The Morgan fingerprint density at radius 2 is 2.00 bits per heavy atom. The van der Waals surface area contributed by atoms with Gasteiger partial charge in [-0.05, 0) is 23.8 Å². The topological polar surface area (TPSA) is 54.7 Å². The molecule has 0 spiro atoms. The number of oxime groups is 1. The van der Waals surface area contributed by atoms with Crippen LogP contribution in [0.2, 0.25) is 0 Å². The first-order valence-corrected chi connectivity index (χ1v) is 6.14. The van der Waals surface area contributed by atoms with E-state index in [9.17, 15) is 0 Å². The van der Waals surface area contributed by atoms with E-state index in [4.69, 9.17) is 21.5 Å². The van der Waals surface area contributed by atoms with Crippen LogP contribution in [0.5, 0.6) is 5.75 Å². The monoisotopic (exact) mass is 276 g/mol. The summed E-state index contributed by atoms with van der Waals surface area (Å²) in [6.45, 7) is 0.409. The zero-order chi connectivity index (χ0) is 13.5. The van der Waals surface area contributed by atoms with Crippen molar-refractivity contribution in [1.29, 1.82) is 0 Å². The number of para-hydroxylation sites is 1. The van der Waals surface area contributed by atoms with Gasteiger partial charge >= 0.3 is 0 Å². The van der Waals surface area contributed by atoms with Gasteiger partial charge in [-0.15, -0.1) is 0 Å². The van der Waals surface area contributed by atoms with Crippen molar-refractivity contribution in [2.24, 2.45) is 5.16 Å². The summed E-state index contributed by atoms with van der Waals surface area (Å²) < 4.78 is 5.58. The van der Waals surface area contributed by atoms with E-state index in [-0.39, 0.29) is 5.17 Å². The molecular weight excluding hydrogens is 264 g/mol. The molecule has 4 nitrogen and oxygen atoms in total. The standard InChI is InChI=1S/C14H13ClN2O2/c15-14(17-18)8-11-6-7-12(16-9-11)10-19-13-4-2-1-3-5-13/h1-7,9,18H,8,10H2/b17-14-. The van der Waals surface area contributed by atoms with Gasteiger partial charge in [0, 0.05) is 12.6 Å². The van der Waals surface area contributed by atoms with Crippen molar-refractivity contribution in [1.82, 2.24) is 4.98 Å². The second kappa shape index (κ2) is 6.75. The maximum Gasteiger partial charge on any atom is 0.149 e. The molecule has 0 aliphatic carbocycles. The smallest absolute Gasteiger partial charge is 0.149 e. The van der Waals surface area contributed by atoms with Crippen LogP contribution < -0.4 is 4.74 Å². The summed E-state index contributed by atoms with van der Waals surface area (Å²) in [4.78, 5) is 4.26. The van der Waals surface area contributed by atoms with Crippen molar-refractivity contribution in [2.75, 3.05) is 0 Å². The van der Waals surface area contributed by atoms with Crippen LogP contribution in [0.25, 0.3) is 0 Å². The minimum Gasteiger partial charge on any atom is -0.487 e. The Bertz CT molecular complexity index is 541. The third-order valence-corrected chi connectivity index (χ3v) is 2.68. The number of hydrogen-bond donors (Lipinski definition) is 1. The second-order valence-electron chi connectivity index (χ2n) is 3.91. The van der Waals surface area contributed by atoms with Crippen molar-refractivity contribution >= 4 is 16.8 Å². The van der Waals surface area contributed by atoms with Gasteiger partial charge in [-0.2, -0.15) is 0 Å². The summed E-state index contributed by atoms with van der Waals surface area (Å²) in [5.41, 5.74) is 1.70. The van der Waals surface area contributed by atoms with Gasteiger partial charge < -0.3 is 9.94 Å². The summed E-state index contributed by atoms with van der Waals surface area (Å²) >= 11 is 5.63. The minimum absolute atomic E-state index is 0.134. The van der Waals surface area contributed by atoms with Crippen LogP contribution in [0.3, 0.4) is 0 Å². The Morgan fingerprint density at radius 1 is 1.21 bits per heavy atom. The van der Waals surface area contributed by atoms with Crippen LogP contribution >= 0.6 is 11.6 Å². The molecule has 2 rings (SSSR count). The van der Waals surface area contributed by atoms with Crippen LogP contribution in [0.1, 0.15) is 11.3 Å². The third-order valence-electron chi connectivity index (χ3n) is 2.47. The summed E-state index contributed by atoms with van der Waals surface area (Å²) in [5.74, 6) is 0.809. The molecule has 0 fully saturated rings. The SMILES string of the molecule is O/N=C(\Cl)Cc1ccc(COc2ccccc2)nc1. The maximum atomic E-state index is 8.48. The molecule has 0 amide bonds. The highest BCUT2D eigenvalue weighted by Crippen LogP contribution is 2.11. The van der Waals surface area contributed by atoms with E-state index in [0.717, 1.165) is 17.0 Å². The maximum absolute atomic E-state index is 8.48. The summed E-state index contributed by atoms with van der Waals surface area (Å²) in [5, 5.41) is 11.5. The van der Waals surface area contributed by atoms with Crippen LogP contribution in [0.4, 0.5) is 0 Å². The summed E-state index contributed by atoms with van der Waals surface area (Å²) in [7, 11) is 0. The van der Waals surface area contributed by atoms with Crippen LogP contribution in [-0.4, -0.2) is 15.4 Å². The van der Waals surface area contributed by atoms with Crippen LogP contribution in [-0.2, 0) is 13.0 Å². The van der Waals surface area contributed by atoms with Crippen LogP contribution in [0.15, 0.2) is 53.8 Å². The predicted octanol–water partition coefficient (Wildman–Crippen LogP) is 3.23. The van der Waals surface area contributed by atoms with E-state index in [2.05, 4.69) is 10.1 Å². The molecule has 19 heavy (non-hydrogen) atoms. The molecule has 0 radical (unpaired) electrons. The van der Waals surface area contributed by atoms with Gasteiger partial charge in [0.05, 0.1) is 5.69 Å². The highest BCUT2D eigenvalue weighted by Gasteiger charge is 2.01. The van der Waals surface area contributed by atoms with Gasteiger partial charge in [-0.3, -0.25) is 4.98 Å². The number of benzene rings is 1. The van der Waals surface area contributed by atoms with Crippen molar-refractivity contribution in [3.63, 3.8) is 0 Å². The Kier molecular flexibility index (Phi) is 4.75. The Labute approximate surface area is 116 Å². The first-order valence-electron chi connectivity index (χ1n) is 5.76. The predicted molar refractivity (Wildman–Crippen MR) is 73.8 cm³/mol. The van der Waals surface area contributed by atoms with E-state index in [1.165, 1.54) is 0 Å². The highest BCUT2D eigenvalue weighted by molar-refractivity contribution is 6.65. The third kappa shape index (κ3) is 4.26. The van der Waals surface area contributed by atoms with Crippen molar-refractivity contribution in [3.05, 3.63) is 59.9 Å². The Hall–Kier alpha value is -2.07. The van der Waals surface area contributed by atoms with Crippen molar-refractivity contribution < 1.29 is 9.94 Å². The lowest BCUT2D eigenvalue weighted by Crippen LogP contribution is -2.00. The van der Waals surface area contributed by atoms with E-state index < -0.39 is 0 Å². The number of nitrogens with zero attached hydrogens (tertiary/aromatic N) is 2. The van der Waals surface area contributed by atoms with Gasteiger partial charge in [0.2, 0.25) is 0 Å². The molecular formula is C14H13ClN2O2. The average molecular weight is 277 g/mol. The fourth-order valence-corrected chi connectivity index (χ4v) is 1.68. The van der Waals surface area contributed by atoms with Crippen molar-refractivity contribution in [2.45, 2.75) is 13.0 Å². The van der Waals surface area contributed by atoms with Gasteiger partial charge in [0.25, 0.3) is 0 Å². The summed E-state index contributed by atoms with van der Waals surface area (Å²) in [6, 6.07) is 13.3. The molecule has 0 atom stereocenters. The molecule has 1 aromatic heterocycles. The van der Waals surface area contributed by atoms with Gasteiger partial charge in [-0.1, -0.05) is 41.0 Å². The average Bonchev–Trinajstić information content (AvgIpc) is 2.47. The molecule has 2 aromatic rings. The van der Waals surface area contributed by atoms with Gasteiger partial charge in [0.1, 0.15) is 17.5 Å². The largest absolute Gasteiger partial charge is 0.487 e. The fourth-order valence-electron chi connectivity index (χ4n) is 1.52. The van der Waals surface area contributed by atoms with E-state index in [1.807, 2.05) is 42.5 Å². The molecule has 0 saturated heterocycles. The minimum atomic E-state index is 0.134. The number of rotatable bonds is 5. The van der Waals surface area contributed by atoms with Gasteiger partial charge in [-0.25, -0.2) is 0 Å². The highest BCUT2D eigenvalue weighted by atomic mass is 35.5.